The fraction of sp³-hybridized carbons (Fsp3) is 0.389. The molecule has 0 bridgehead atoms. The Morgan fingerprint density at radius 3 is 2.88 bits per heavy atom. The first-order valence-corrected chi connectivity index (χ1v) is 8.35. The highest BCUT2D eigenvalue weighted by Crippen LogP contribution is 2.24. The molecule has 142 valence electrons. The Bertz CT molecular complexity index is 724. The predicted octanol–water partition coefficient (Wildman–Crippen LogP) is 3.16. The van der Waals surface area contributed by atoms with Crippen molar-refractivity contribution >= 4 is 35.6 Å². The Morgan fingerprint density at radius 2 is 2.19 bits per heavy atom. The Hall–Kier alpha value is -1.84. The van der Waals surface area contributed by atoms with Crippen molar-refractivity contribution in [2.75, 3.05) is 31.6 Å². The summed E-state index contributed by atoms with van der Waals surface area (Å²) in [4.78, 5) is 6.14. The molecule has 1 aliphatic heterocycles. The maximum Gasteiger partial charge on any atom is 0.191 e. The number of nitrogens with zero attached hydrogens (tertiary/aromatic N) is 2. The zero-order valence-electron chi connectivity index (χ0n) is 14.5. The SMILES string of the molecule is CN=C(NCCc1ccco1)NC1CCN(c2ccc(F)cc2F)C1.I. The topological polar surface area (TPSA) is 52.8 Å². The van der Waals surface area contributed by atoms with Gasteiger partial charge in [-0.25, -0.2) is 8.78 Å². The molecule has 1 fully saturated rings. The van der Waals surface area contributed by atoms with E-state index in [1.807, 2.05) is 17.0 Å². The van der Waals surface area contributed by atoms with Gasteiger partial charge in [-0.3, -0.25) is 4.99 Å². The van der Waals surface area contributed by atoms with E-state index in [-0.39, 0.29) is 30.0 Å². The molecule has 1 unspecified atom stereocenters. The Labute approximate surface area is 168 Å². The van der Waals surface area contributed by atoms with E-state index < -0.39 is 11.6 Å². The van der Waals surface area contributed by atoms with Gasteiger partial charge < -0.3 is 20.0 Å². The second-order valence-electron chi connectivity index (χ2n) is 6.00. The molecule has 1 aliphatic rings. The van der Waals surface area contributed by atoms with Crippen molar-refractivity contribution in [1.82, 2.24) is 10.6 Å². The summed E-state index contributed by atoms with van der Waals surface area (Å²) < 4.78 is 32.3. The Kier molecular flexibility index (Phi) is 7.67. The molecule has 8 heteroatoms. The first-order chi connectivity index (χ1) is 12.2. The van der Waals surface area contributed by atoms with Gasteiger partial charge in [0.2, 0.25) is 0 Å². The average Bonchev–Trinajstić information content (AvgIpc) is 3.26. The van der Waals surface area contributed by atoms with Crippen LogP contribution >= 0.6 is 24.0 Å². The third-order valence-electron chi connectivity index (χ3n) is 4.25. The van der Waals surface area contributed by atoms with Gasteiger partial charge in [0.1, 0.15) is 17.4 Å². The third kappa shape index (κ3) is 5.33. The monoisotopic (exact) mass is 476 g/mol. The lowest BCUT2D eigenvalue weighted by Crippen LogP contribution is -2.45. The summed E-state index contributed by atoms with van der Waals surface area (Å²) in [5.41, 5.74) is 0.437. The molecule has 0 radical (unpaired) electrons. The average molecular weight is 476 g/mol. The minimum absolute atomic E-state index is 0. The second-order valence-corrected chi connectivity index (χ2v) is 6.00. The van der Waals surface area contributed by atoms with E-state index >= 15 is 0 Å². The maximum atomic E-state index is 13.9. The molecule has 0 saturated carbocycles. The molecule has 2 aromatic rings. The molecule has 1 aromatic heterocycles. The lowest BCUT2D eigenvalue weighted by atomic mass is 10.2. The van der Waals surface area contributed by atoms with Crippen LogP contribution in [-0.2, 0) is 6.42 Å². The predicted molar refractivity (Wildman–Crippen MR) is 109 cm³/mol. The number of aliphatic imine (C=N–C) groups is 1. The number of nitrogens with one attached hydrogen (secondary N) is 2. The van der Waals surface area contributed by atoms with Gasteiger partial charge in [-0.05, 0) is 30.7 Å². The van der Waals surface area contributed by atoms with Crippen LogP contribution < -0.4 is 15.5 Å². The van der Waals surface area contributed by atoms with E-state index in [9.17, 15) is 8.78 Å². The molecule has 26 heavy (non-hydrogen) atoms. The summed E-state index contributed by atoms with van der Waals surface area (Å²) in [6.07, 6.45) is 3.28. The van der Waals surface area contributed by atoms with E-state index in [0.29, 0.717) is 31.3 Å². The van der Waals surface area contributed by atoms with Gasteiger partial charge in [-0.1, -0.05) is 0 Å². The quantitative estimate of drug-likeness (QED) is 0.396. The number of hydrogen-bond donors (Lipinski definition) is 2. The van der Waals surface area contributed by atoms with Crippen molar-refractivity contribution in [1.29, 1.82) is 0 Å². The summed E-state index contributed by atoms with van der Waals surface area (Å²) in [7, 11) is 1.72. The highest BCUT2D eigenvalue weighted by Gasteiger charge is 2.25. The van der Waals surface area contributed by atoms with Crippen LogP contribution in [0.15, 0.2) is 46.0 Å². The van der Waals surface area contributed by atoms with Crippen molar-refractivity contribution in [2.24, 2.45) is 4.99 Å². The number of rotatable bonds is 5. The Morgan fingerprint density at radius 1 is 1.35 bits per heavy atom. The van der Waals surface area contributed by atoms with Crippen molar-refractivity contribution in [3.8, 4) is 0 Å². The van der Waals surface area contributed by atoms with Gasteiger partial charge in [0, 0.05) is 45.2 Å². The summed E-state index contributed by atoms with van der Waals surface area (Å²) >= 11 is 0. The van der Waals surface area contributed by atoms with Gasteiger partial charge in [0.15, 0.2) is 5.96 Å². The van der Waals surface area contributed by atoms with Crippen molar-refractivity contribution < 1.29 is 13.2 Å². The largest absolute Gasteiger partial charge is 0.469 e. The van der Waals surface area contributed by atoms with Crippen LogP contribution in [0.25, 0.3) is 0 Å². The van der Waals surface area contributed by atoms with E-state index in [0.717, 1.165) is 24.7 Å². The molecule has 0 aliphatic carbocycles. The first-order valence-electron chi connectivity index (χ1n) is 8.35. The van der Waals surface area contributed by atoms with Crippen molar-refractivity contribution in [2.45, 2.75) is 18.9 Å². The third-order valence-corrected chi connectivity index (χ3v) is 4.25. The molecule has 1 atom stereocenters. The van der Waals surface area contributed by atoms with E-state index in [2.05, 4.69) is 15.6 Å². The van der Waals surface area contributed by atoms with Crippen LogP contribution in [0, 0.1) is 11.6 Å². The second kappa shape index (κ2) is 9.75. The Balaban J connectivity index is 0.00000243. The highest BCUT2D eigenvalue weighted by molar-refractivity contribution is 14.0. The van der Waals surface area contributed by atoms with Crippen LogP contribution in [0.3, 0.4) is 0 Å². The van der Waals surface area contributed by atoms with Gasteiger partial charge in [-0.15, -0.1) is 24.0 Å². The van der Waals surface area contributed by atoms with Crippen molar-refractivity contribution in [3.05, 3.63) is 54.0 Å². The number of anilines is 1. The molecular formula is C18H23F2IN4O. The minimum Gasteiger partial charge on any atom is -0.469 e. The molecule has 0 amide bonds. The molecule has 5 nitrogen and oxygen atoms in total. The number of guanidine groups is 1. The molecule has 0 spiro atoms. The molecule has 3 rings (SSSR count). The van der Waals surface area contributed by atoms with Gasteiger partial charge in [0.05, 0.1) is 12.0 Å². The highest BCUT2D eigenvalue weighted by atomic mass is 127. The number of halogens is 3. The van der Waals surface area contributed by atoms with E-state index in [4.69, 9.17) is 4.42 Å². The molecule has 1 aromatic carbocycles. The summed E-state index contributed by atoms with van der Waals surface area (Å²) in [5.74, 6) is 0.539. The minimum atomic E-state index is -0.559. The molecular weight excluding hydrogens is 453 g/mol. The van der Waals surface area contributed by atoms with Gasteiger partial charge >= 0.3 is 0 Å². The summed E-state index contributed by atoms with van der Waals surface area (Å²) in [6.45, 7) is 2.06. The smallest absolute Gasteiger partial charge is 0.191 e. The number of hydrogen-bond acceptors (Lipinski definition) is 3. The van der Waals surface area contributed by atoms with Crippen LogP contribution in [0.5, 0.6) is 0 Å². The van der Waals surface area contributed by atoms with Crippen LogP contribution in [0.4, 0.5) is 14.5 Å². The van der Waals surface area contributed by atoms with Crippen molar-refractivity contribution in [3.63, 3.8) is 0 Å². The van der Waals surface area contributed by atoms with Gasteiger partial charge in [-0.2, -0.15) is 0 Å². The number of furan rings is 1. The zero-order valence-corrected chi connectivity index (χ0v) is 16.9. The maximum absolute atomic E-state index is 13.9. The van der Waals surface area contributed by atoms with Gasteiger partial charge in [0.25, 0.3) is 0 Å². The lowest BCUT2D eigenvalue weighted by Gasteiger charge is -2.21. The molecule has 2 heterocycles. The molecule has 1 saturated heterocycles. The van der Waals surface area contributed by atoms with Crippen LogP contribution in [-0.4, -0.2) is 38.7 Å². The first kappa shape index (κ1) is 20.5. The van der Waals surface area contributed by atoms with Crippen LogP contribution in [0.1, 0.15) is 12.2 Å². The van der Waals surface area contributed by atoms with Crippen LogP contribution in [0.2, 0.25) is 0 Å². The van der Waals surface area contributed by atoms with E-state index in [1.165, 1.54) is 12.1 Å². The van der Waals surface area contributed by atoms with E-state index in [1.54, 1.807) is 13.3 Å². The summed E-state index contributed by atoms with van der Waals surface area (Å²) in [5, 5.41) is 6.59. The molecule has 2 N–H and O–H groups in total. The normalized spacial score (nSPS) is 17.1. The standard InChI is InChI=1S/C18H22F2N4O.HI/c1-21-18(22-8-6-15-3-2-10-25-15)23-14-7-9-24(12-14)17-5-4-13(19)11-16(17)20;/h2-5,10-11,14H,6-9,12H2,1H3,(H2,21,22,23);1H. The fourth-order valence-electron chi connectivity index (χ4n) is 2.98. The lowest BCUT2D eigenvalue weighted by molar-refractivity contribution is 0.506. The summed E-state index contributed by atoms with van der Waals surface area (Å²) in [6, 6.07) is 7.65. The zero-order chi connectivity index (χ0) is 17.6. The fourth-order valence-corrected chi connectivity index (χ4v) is 2.98. The number of benzene rings is 1.